The van der Waals surface area contributed by atoms with Crippen LogP contribution in [0.2, 0.25) is 0 Å². The summed E-state index contributed by atoms with van der Waals surface area (Å²) in [6, 6.07) is 0.802. The number of nitrogens with zero attached hydrogens (tertiary/aromatic N) is 1. The van der Waals surface area contributed by atoms with Crippen molar-refractivity contribution in [1.29, 1.82) is 0 Å². The monoisotopic (exact) mass is 254 g/mol. The summed E-state index contributed by atoms with van der Waals surface area (Å²) in [6.07, 6.45) is 6.71. The van der Waals surface area contributed by atoms with Crippen molar-refractivity contribution < 1.29 is 0 Å². The summed E-state index contributed by atoms with van der Waals surface area (Å²) in [7, 11) is 2.28. The predicted molar refractivity (Wildman–Crippen MR) is 81.0 cm³/mol. The van der Waals surface area contributed by atoms with Crippen molar-refractivity contribution in [2.45, 2.75) is 78.3 Å². The zero-order valence-corrected chi connectivity index (χ0v) is 13.5. The first-order valence-electron chi connectivity index (χ1n) is 7.65. The minimum Gasteiger partial charge on any atom is -0.312 e. The molecular formula is C16H34N2. The van der Waals surface area contributed by atoms with Gasteiger partial charge in [0.1, 0.15) is 0 Å². The Balaban J connectivity index is 2.27. The van der Waals surface area contributed by atoms with Crippen LogP contribution in [-0.4, -0.2) is 36.6 Å². The van der Waals surface area contributed by atoms with Gasteiger partial charge in [-0.3, -0.25) is 0 Å². The Hall–Kier alpha value is -0.0800. The first-order valence-corrected chi connectivity index (χ1v) is 7.65. The molecule has 0 saturated carbocycles. The molecule has 0 radical (unpaired) electrons. The minimum absolute atomic E-state index is 0.255. The highest BCUT2D eigenvalue weighted by molar-refractivity contribution is 4.84. The molecule has 2 heteroatoms. The molecule has 18 heavy (non-hydrogen) atoms. The average molecular weight is 254 g/mol. The molecule has 108 valence electrons. The molecule has 1 rings (SSSR count). The van der Waals surface area contributed by atoms with Gasteiger partial charge < -0.3 is 10.2 Å². The number of nitrogens with one attached hydrogen (secondary N) is 1. The summed E-state index contributed by atoms with van der Waals surface area (Å²) < 4.78 is 0. The van der Waals surface area contributed by atoms with Gasteiger partial charge >= 0.3 is 0 Å². The normalized spacial score (nSPS) is 23.3. The zero-order valence-electron chi connectivity index (χ0n) is 13.5. The van der Waals surface area contributed by atoms with Gasteiger partial charge in [0.25, 0.3) is 0 Å². The highest BCUT2D eigenvalue weighted by Crippen LogP contribution is 2.27. The lowest BCUT2D eigenvalue weighted by Gasteiger charge is -2.36. The zero-order chi connectivity index (χ0) is 13.8. The Bertz CT molecular complexity index is 240. The molecular weight excluding hydrogens is 220 g/mol. The summed E-state index contributed by atoms with van der Waals surface area (Å²) in [5.41, 5.74) is 0.656. The van der Waals surface area contributed by atoms with Crippen molar-refractivity contribution in [2.75, 3.05) is 20.1 Å². The second kappa shape index (κ2) is 6.38. The fourth-order valence-electron chi connectivity index (χ4n) is 3.47. The lowest BCUT2D eigenvalue weighted by Crippen LogP contribution is -2.45. The molecule has 1 unspecified atom stereocenters. The van der Waals surface area contributed by atoms with E-state index < -0.39 is 0 Å². The van der Waals surface area contributed by atoms with Crippen LogP contribution in [0.1, 0.15) is 66.7 Å². The molecule has 0 aromatic heterocycles. The molecule has 1 fully saturated rings. The Morgan fingerprint density at radius 3 is 2.33 bits per heavy atom. The SMILES string of the molecule is CN1CCCCC1CCNC(C)(C)CC(C)(C)C. The van der Waals surface area contributed by atoms with Crippen LogP contribution in [0.4, 0.5) is 0 Å². The molecule has 1 atom stereocenters. The van der Waals surface area contributed by atoms with Crippen LogP contribution in [-0.2, 0) is 0 Å². The van der Waals surface area contributed by atoms with Crippen molar-refractivity contribution in [3.05, 3.63) is 0 Å². The van der Waals surface area contributed by atoms with Crippen LogP contribution < -0.4 is 5.32 Å². The van der Waals surface area contributed by atoms with Crippen molar-refractivity contribution in [1.82, 2.24) is 10.2 Å². The van der Waals surface area contributed by atoms with Crippen LogP contribution in [0.3, 0.4) is 0 Å². The summed E-state index contributed by atoms with van der Waals surface area (Å²) in [5.74, 6) is 0. The van der Waals surface area contributed by atoms with E-state index in [-0.39, 0.29) is 5.54 Å². The Kier molecular flexibility index (Phi) is 5.67. The van der Waals surface area contributed by atoms with Gasteiger partial charge in [0.2, 0.25) is 0 Å². The quantitative estimate of drug-likeness (QED) is 0.805. The van der Waals surface area contributed by atoms with E-state index in [0.29, 0.717) is 5.41 Å². The number of likely N-dealkylation sites (tertiary alicyclic amines) is 1. The third-order valence-electron chi connectivity index (χ3n) is 3.97. The molecule has 0 aliphatic carbocycles. The average Bonchev–Trinajstić information content (AvgIpc) is 2.17. The van der Waals surface area contributed by atoms with Crippen LogP contribution in [0.25, 0.3) is 0 Å². The molecule has 1 aliphatic heterocycles. The fraction of sp³-hybridized carbons (Fsp3) is 1.00. The Morgan fingerprint density at radius 1 is 1.11 bits per heavy atom. The van der Waals surface area contributed by atoms with Gasteiger partial charge in [0.15, 0.2) is 0 Å². The van der Waals surface area contributed by atoms with Crippen LogP contribution >= 0.6 is 0 Å². The molecule has 1 saturated heterocycles. The fourth-order valence-corrected chi connectivity index (χ4v) is 3.47. The third kappa shape index (κ3) is 6.19. The predicted octanol–water partition coefficient (Wildman–Crippen LogP) is 3.67. The standard InChI is InChI=1S/C16H34N2/c1-15(2,3)13-16(4,5)17-11-10-14-9-7-8-12-18(14)6/h14,17H,7-13H2,1-6H3. The summed E-state index contributed by atoms with van der Waals surface area (Å²) >= 11 is 0. The molecule has 1 heterocycles. The highest BCUT2D eigenvalue weighted by atomic mass is 15.1. The molecule has 0 spiro atoms. The van der Waals surface area contributed by atoms with Gasteiger partial charge in [-0.05, 0) is 65.1 Å². The summed E-state index contributed by atoms with van der Waals surface area (Å²) in [4.78, 5) is 2.54. The summed E-state index contributed by atoms with van der Waals surface area (Å²) in [6.45, 7) is 14.1. The van der Waals surface area contributed by atoms with Gasteiger partial charge in [-0.1, -0.05) is 27.2 Å². The van der Waals surface area contributed by atoms with Crippen LogP contribution in [0.15, 0.2) is 0 Å². The molecule has 0 aromatic rings. The van der Waals surface area contributed by atoms with Gasteiger partial charge in [-0.15, -0.1) is 0 Å². The van der Waals surface area contributed by atoms with E-state index >= 15 is 0 Å². The number of hydrogen-bond acceptors (Lipinski definition) is 2. The first-order chi connectivity index (χ1) is 8.20. The number of piperidine rings is 1. The van der Waals surface area contributed by atoms with Gasteiger partial charge in [-0.25, -0.2) is 0 Å². The Labute approximate surface area is 115 Å². The van der Waals surface area contributed by atoms with E-state index in [2.05, 4.69) is 51.9 Å². The molecule has 0 amide bonds. The third-order valence-corrected chi connectivity index (χ3v) is 3.97. The van der Waals surface area contributed by atoms with Gasteiger partial charge in [0.05, 0.1) is 0 Å². The van der Waals surface area contributed by atoms with E-state index in [1.165, 1.54) is 38.6 Å². The van der Waals surface area contributed by atoms with Crippen LogP contribution in [0, 0.1) is 5.41 Å². The van der Waals surface area contributed by atoms with E-state index in [1.807, 2.05) is 0 Å². The van der Waals surface area contributed by atoms with E-state index in [9.17, 15) is 0 Å². The number of rotatable bonds is 5. The molecule has 1 N–H and O–H groups in total. The second-order valence-electron chi connectivity index (χ2n) is 7.97. The topological polar surface area (TPSA) is 15.3 Å². The van der Waals surface area contributed by atoms with E-state index in [0.717, 1.165) is 12.6 Å². The van der Waals surface area contributed by atoms with E-state index in [1.54, 1.807) is 0 Å². The van der Waals surface area contributed by atoms with Crippen molar-refractivity contribution >= 4 is 0 Å². The summed E-state index contributed by atoms with van der Waals surface area (Å²) in [5, 5.41) is 3.76. The Morgan fingerprint density at radius 2 is 1.78 bits per heavy atom. The molecule has 1 aliphatic rings. The van der Waals surface area contributed by atoms with Crippen molar-refractivity contribution in [3.63, 3.8) is 0 Å². The largest absolute Gasteiger partial charge is 0.312 e. The first kappa shape index (κ1) is 16.0. The maximum atomic E-state index is 3.76. The van der Waals surface area contributed by atoms with Gasteiger partial charge in [-0.2, -0.15) is 0 Å². The smallest absolute Gasteiger partial charge is 0.0130 e. The number of hydrogen-bond donors (Lipinski definition) is 1. The maximum absolute atomic E-state index is 3.76. The molecule has 0 bridgehead atoms. The van der Waals surface area contributed by atoms with E-state index in [4.69, 9.17) is 0 Å². The lowest BCUT2D eigenvalue weighted by molar-refractivity contribution is 0.167. The van der Waals surface area contributed by atoms with Crippen molar-refractivity contribution in [2.24, 2.45) is 5.41 Å². The second-order valence-corrected chi connectivity index (χ2v) is 7.97. The molecule has 2 nitrogen and oxygen atoms in total. The van der Waals surface area contributed by atoms with Gasteiger partial charge in [0, 0.05) is 11.6 Å². The highest BCUT2D eigenvalue weighted by Gasteiger charge is 2.25. The lowest BCUT2D eigenvalue weighted by atomic mass is 9.81. The van der Waals surface area contributed by atoms with Crippen LogP contribution in [0.5, 0.6) is 0 Å². The van der Waals surface area contributed by atoms with Crippen molar-refractivity contribution in [3.8, 4) is 0 Å². The maximum Gasteiger partial charge on any atom is 0.0130 e. The molecule has 0 aromatic carbocycles. The minimum atomic E-state index is 0.255.